The lowest BCUT2D eigenvalue weighted by molar-refractivity contribution is -0.137. The van der Waals surface area contributed by atoms with Gasteiger partial charge in [-0.1, -0.05) is 11.6 Å². The molecule has 0 saturated carbocycles. The van der Waals surface area contributed by atoms with Crippen LogP contribution in [-0.2, 0) is 9.53 Å². The molecule has 2 rings (SSSR count). The maximum Gasteiger partial charge on any atom is 0.332 e. The molecule has 1 aromatic heterocycles. The summed E-state index contributed by atoms with van der Waals surface area (Å²) in [5, 5.41) is 4.34. The molecule has 0 aliphatic rings. The minimum Gasteiger partial charge on any atom is -0.463 e. The average Bonchev–Trinajstić information content (AvgIpc) is 2.84. The fourth-order valence-corrected chi connectivity index (χ4v) is 1.71. The lowest BCUT2D eigenvalue weighted by atomic mass is 10.2. The summed E-state index contributed by atoms with van der Waals surface area (Å²) in [5.74, 6) is -0.635. The Hall–Kier alpha value is -2.21. The van der Waals surface area contributed by atoms with Gasteiger partial charge in [-0.15, -0.1) is 5.10 Å². The van der Waals surface area contributed by atoms with Crippen molar-refractivity contribution in [1.82, 2.24) is 14.8 Å². The van der Waals surface area contributed by atoms with Crippen molar-refractivity contribution in [3.63, 3.8) is 0 Å². The Morgan fingerprint density at radius 3 is 3.00 bits per heavy atom. The largest absolute Gasteiger partial charge is 0.463 e. The van der Waals surface area contributed by atoms with Gasteiger partial charge in [0.05, 0.1) is 6.61 Å². The Morgan fingerprint density at radius 2 is 2.30 bits per heavy atom. The number of hydrogen-bond acceptors (Lipinski definition) is 4. The molecule has 1 heterocycles. The molecule has 0 saturated heterocycles. The molecular formula is C13H11ClFN3O2. The third kappa shape index (κ3) is 3.64. The SMILES string of the molecule is CCOC(=O)/C=C\n1cnc(-c2cc(F)cc(Cl)c2)n1. The second kappa shape index (κ2) is 6.29. The van der Waals surface area contributed by atoms with Gasteiger partial charge in [0.2, 0.25) is 0 Å². The van der Waals surface area contributed by atoms with Crippen molar-refractivity contribution in [3.05, 3.63) is 41.4 Å². The number of carbonyl (C=O) groups is 1. The number of esters is 1. The molecule has 20 heavy (non-hydrogen) atoms. The van der Waals surface area contributed by atoms with Gasteiger partial charge in [0.25, 0.3) is 0 Å². The monoisotopic (exact) mass is 295 g/mol. The van der Waals surface area contributed by atoms with Crippen molar-refractivity contribution in [2.24, 2.45) is 0 Å². The minimum atomic E-state index is -0.474. The van der Waals surface area contributed by atoms with Crippen LogP contribution in [0.25, 0.3) is 17.6 Å². The third-order valence-electron chi connectivity index (χ3n) is 2.28. The molecule has 0 unspecified atom stereocenters. The number of carbonyl (C=O) groups excluding carboxylic acids is 1. The normalized spacial score (nSPS) is 10.9. The van der Waals surface area contributed by atoms with E-state index in [1.54, 1.807) is 13.0 Å². The van der Waals surface area contributed by atoms with Gasteiger partial charge >= 0.3 is 5.97 Å². The molecule has 0 aliphatic carbocycles. The molecule has 5 nitrogen and oxygen atoms in total. The molecule has 1 aromatic carbocycles. The van der Waals surface area contributed by atoms with Gasteiger partial charge in [-0.25, -0.2) is 18.9 Å². The van der Waals surface area contributed by atoms with E-state index in [0.717, 1.165) is 0 Å². The first-order chi connectivity index (χ1) is 9.58. The Morgan fingerprint density at radius 1 is 1.50 bits per heavy atom. The second-order valence-electron chi connectivity index (χ2n) is 3.77. The molecule has 0 amide bonds. The van der Waals surface area contributed by atoms with E-state index < -0.39 is 11.8 Å². The molecule has 0 aliphatic heterocycles. The Kier molecular flexibility index (Phi) is 4.47. The zero-order valence-corrected chi connectivity index (χ0v) is 11.3. The molecule has 7 heteroatoms. The van der Waals surface area contributed by atoms with Crippen LogP contribution in [0, 0.1) is 5.82 Å². The highest BCUT2D eigenvalue weighted by Crippen LogP contribution is 2.21. The van der Waals surface area contributed by atoms with E-state index in [1.807, 2.05) is 0 Å². The molecular weight excluding hydrogens is 285 g/mol. The van der Waals surface area contributed by atoms with Gasteiger partial charge in [-0.05, 0) is 25.1 Å². The van der Waals surface area contributed by atoms with Gasteiger partial charge < -0.3 is 4.74 Å². The topological polar surface area (TPSA) is 57.0 Å². The lowest BCUT2D eigenvalue weighted by Crippen LogP contribution is -2.00. The molecule has 0 bridgehead atoms. The van der Waals surface area contributed by atoms with Crippen LogP contribution in [0.2, 0.25) is 5.02 Å². The summed E-state index contributed by atoms with van der Waals surface area (Å²) in [7, 11) is 0. The first-order valence-electron chi connectivity index (χ1n) is 5.81. The highest BCUT2D eigenvalue weighted by molar-refractivity contribution is 6.30. The zero-order chi connectivity index (χ0) is 14.5. The number of rotatable bonds is 4. The van der Waals surface area contributed by atoms with Crippen molar-refractivity contribution < 1.29 is 13.9 Å². The summed E-state index contributed by atoms with van der Waals surface area (Å²) < 4.78 is 19.3. The van der Waals surface area contributed by atoms with Crippen molar-refractivity contribution in [3.8, 4) is 11.4 Å². The second-order valence-corrected chi connectivity index (χ2v) is 4.21. The number of nitrogens with zero attached hydrogens (tertiary/aromatic N) is 3. The fraction of sp³-hybridized carbons (Fsp3) is 0.154. The predicted molar refractivity (Wildman–Crippen MR) is 72.4 cm³/mol. The van der Waals surface area contributed by atoms with Crippen LogP contribution in [0.4, 0.5) is 4.39 Å². The third-order valence-corrected chi connectivity index (χ3v) is 2.50. The zero-order valence-electron chi connectivity index (χ0n) is 10.6. The van der Waals surface area contributed by atoms with Crippen molar-refractivity contribution in [2.45, 2.75) is 6.92 Å². The summed E-state index contributed by atoms with van der Waals surface area (Å²) in [5.41, 5.74) is 0.457. The van der Waals surface area contributed by atoms with E-state index in [1.165, 1.54) is 35.4 Å². The van der Waals surface area contributed by atoms with Gasteiger partial charge in [0.15, 0.2) is 5.82 Å². The van der Waals surface area contributed by atoms with Crippen LogP contribution in [0.5, 0.6) is 0 Å². The van der Waals surface area contributed by atoms with Gasteiger partial charge in [0, 0.05) is 22.9 Å². The minimum absolute atomic E-state index is 0.262. The van der Waals surface area contributed by atoms with E-state index in [4.69, 9.17) is 16.3 Å². The van der Waals surface area contributed by atoms with Crippen LogP contribution in [0.1, 0.15) is 6.92 Å². The average molecular weight is 296 g/mol. The molecule has 0 radical (unpaired) electrons. The van der Waals surface area contributed by atoms with E-state index in [2.05, 4.69) is 10.1 Å². The van der Waals surface area contributed by atoms with Crippen LogP contribution in [0.3, 0.4) is 0 Å². The standard InChI is InChI=1S/C13H11ClFN3O2/c1-2-20-12(19)3-4-18-8-16-13(17-18)9-5-10(14)7-11(15)6-9/h3-8H,2H2,1H3/b4-3-. The Balaban J connectivity index is 2.18. The number of halogens is 2. The molecule has 0 atom stereocenters. The molecule has 2 aromatic rings. The molecule has 0 fully saturated rings. The summed E-state index contributed by atoms with van der Waals surface area (Å²) in [6.07, 6.45) is 4.01. The van der Waals surface area contributed by atoms with Crippen molar-refractivity contribution in [1.29, 1.82) is 0 Å². The maximum atomic E-state index is 13.2. The smallest absolute Gasteiger partial charge is 0.332 e. The number of hydrogen-bond donors (Lipinski definition) is 0. The predicted octanol–water partition coefficient (Wildman–Crippen LogP) is 2.77. The first kappa shape index (κ1) is 14.2. The Labute approximate surface area is 119 Å². The highest BCUT2D eigenvalue weighted by atomic mass is 35.5. The molecule has 0 N–H and O–H groups in total. The van der Waals surface area contributed by atoms with E-state index in [9.17, 15) is 9.18 Å². The summed E-state index contributed by atoms with van der Waals surface area (Å²) in [6.45, 7) is 2.01. The van der Waals surface area contributed by atoms with Gasteiger partial charge in [-0.2, -0.15) is 0 Å². The summed E-state index contributed by atoms with van der Waals surface area (Å²) in [6, 6.07) is 4.03. The van der Waals surface area contributed by atoms with Crippen LogP contribution in [0.15, 0.2) is 30.6 Å². The number of benzene rings is 1. The van der Waals surface area contributed by atoms with E-state index in [0.29, 0.717) is 18.0 Å². The number of aromatic nitrogens is 3. The first-order valence-corrected chi connectivity index (χ1v) is 6.19. The summed E-state index contributed by atoms with van der Waals surface area (Å²) >= 11 is 5.77. The molecule has 0 spiro atoms. The summed E-state index contributed by atoms with van der Waals surface area (Å²) in [4.78, 5) is 15.2. The quantitative estimate of drug-likeness (QED) is 0.643. The fourth-order valence-electron chi connectivity index (χ4n) is 1.49. The van der Waals surface area contributed by atoms with Crippen molar-refractivity contribution >= 4 is 23.8 Å². The van der Waals surface area contributed by atoms with Crippen molar-refractivity contribution in [2.75, 3.05) is 6.61 Å². The van der Waals surface area contributed by atoms with Crippen LogP contribution < -0.4 is 0 Å². The highest BCUT2D eigenvalue weighted by Gasteiger charge is 2.06. The number of ether oxygens (including phenoxy) is 1. The maximum absolute atomic E-state index is 13.2. The van der Waals surface area contributed by atoms with Gasteiger partial charge in [0.1, 0.15) is 12.1 Å². The molecule has 104 valence electrons. The van der Waals surface area contributed by atoms with Crippen LogP contribution in [-0.4, -0.2) is 27.3 Å². The van der Waals surface area contributed by atoms with E-state index >= 15 is 0 Å². The lowest BCUT2D eigenvalue weighted by Gasteiger charge is -1.97. The van der Waals surface area contributed by atoms with Crippen LogP contribution >= 0.6 is 11.6 Å². The van der Waals surface area contributed by atoms with Gasteiger partial charge in [-0.3, -0.25) is 0 Å². The Bertz CT molecular complexity index is 635. The van der Waals surface area contributed by atoms with E-state index in [-0.39, 0.29) is 5.02 Å².